The molecule has 8 rings (SSSR count). The van der Waals surface area contributed by atoms with Crippen LogP contribution in [0.1, 0.15) is 163 Å². The average molecular weight is 1430 g/mol. The first-order valence-corrected chi connectivity index (χ1v) is 30.8. The normalized spacial score (nSPS) is 32.7. The largest absolute Gasteiger partial charge is 0.469 e. The molecule has 0 aromatic heterocycles. The van der Waals surface area contributed by atoms with Crippen LogP contribution in [0, 0.1) is 0 Å². The number of hydrogen-bond donors (Lipinski definition) is 1. The van der Waals surface area contributed by atoms with Crippen LogP contribution < -0.4 is 0 Å². The summed E-state index contributed by atoms with van der Waals surface area (Å²) >= 11 is 19.6. The van der Waals surface area contributed by atoms with Crippen molar-refractivity contribution in [3.63, 3.8) is 0 Å². The molecule has 0 bridgehead atoms. The quantitative estimate of drug-likeness (QED) is 0.0421. The molecule has 6 aliphatic heterocycles. The fourth-order valence-corrected chi connectivity index (χ4v) is 13.9. The summed E-state index contributed by atoms with van der Waals surface area (Å²) in [6.07, 6.45) is 16.6. The Morgan fingerprint density at radius 2 is 1.09 bits per heavy atom. The van der Waals surface area contributed by atoms with Gasteiger partial charge in [-0.25, -0.2) is 0 Å². The van der Waals surface area contributed by atoms with E-state index in [1.807, 2.05) is 0 Å². The number of ether oxygens (including phenoxy) is 10. The Labute approximate surface area is 508 Å². The minimum absolute atomic E-state index is 0. The highest BCUT2D eigenvalue weighted by Crippen LogP contribution is 2.50. The minimum atomic E-state index is -1.48. The van der Waals surface area contributed by atoms with Gasteiger partial charge in [0.2, 0.25) is 0 Å². The maximum Gasteiger partial charge on any atom is 0.308 e. The van der Waals surface area contributed by atoms with E-state index in [1.165, 1.54) is 38.9 Å². The molecule has 6 heterocycles. The Morgan fingerprint density at radius 1 is 0.667 bits per heavy atom. The van der Waals surface area contributed by atoms with Crippen molar-refractivity contribution in [1.29, 1.82) is 0 Å². The summed E-state index contributed by atoms with van der Waals surface area (Å²) in [7, 11) is 2.75. The zero-order valence-electron chi connectivity index (χ0n) is 43.9. The lowest BCUT2D eigenvalue weighted by molar-refractivity contribution is -0.262. The molecule has 6 saturated heterocycles. The molecule has 0 unspecified atom stereocenters. The number of ketones is 2. The van der Waals surface area contributed by atoms with Gasteiger partial charge in [0.15, 0.2) is 29.4 Å². The lowest BCUT2D eigenvalue weighted by Gasteiger charge is -2.49. The molecule has 0 amide bonds. The summed E-state index contributed by atoms with van der Waals surface area (Å²) in [6, 6.07) is 0. The van der Waals surface area contributed by atoms with Crippen molar-refractivity contribution in [2.24, 2.45) is 0 Å². The van der Waals surface area contributed by atoms with Crippen molar-refractivity contribution in [2.75, 3.05) is 14.2 Å². The van der Waals surface area contributed by atoms with Crippen LogP contribution >= 0.6 is 84.3 Å². The number of esters is 2. The number of rotatable bonds is 19. The highest BCUT2D eigenvalue weighted by Gasteiger charge is 2.63. The topological polar surface area (TPSA) is 198 Å². The van der Waals surface area contributed by atoms with Gasteiger partial charge >= 0.3 is 11.9 Å². The Balaban J connectivity index is 0.000000282. The number of allylic oxidation sites excluding steroid dienone is 4. The van der Waals surface area contributed by atoms with E-state index in [0.717, 1.165) is 84.1 Å². The summed E-state index contributed by atoms with van der Waals surface area (Å²) in [5.41, 5.74) is -1.48. The van der Waals surface area contributed by atoms with Gasteiger partial charge in [0.1, 0.15) is 54.4 Å². The lowest BCUT2D eigenvalue weighted by Crippen LogP contribution is -2.64. The predicted octanol–water partition coefficient (Wildman–Crippen LogP) is 11.9. The van der Waals surface area contributed by atoms with Gasteiger partial charge in [0, 0.05) is 49.3 Å². The van der Waals surface area contributed by atoms with Crippen molar-refractivity contribution in [1.82, 2.24) is 0 Å². The van der Waals surface area contributed by atoms with Crippen molar-refractivity contribution >= 4 is 114 Å². The number of aliphatic hydroxyl groups is 1. The third-order valence-corrected chi connectivity index (χ3v) is 17.2. The number of carbonyl (C=O) groups is 5. The maximum absolute atomic E-state index is 12.6. The molecule has 8 fully saturated rings. The van der Waals surface area contributed by atoms with Gasteiger partial charge in [-0.3, -0.25) is 19.2 Å². The maximum atomic E-state index is 12.6. The minimum Gasteiger partial charge on any atom is -0.469 e. The molecular weight excluding hydrogens is 1350 g/mol. The zero-order valence-corrected chi connectivity index (χ0v) is 51.3. The molecule has 15 atom stereocenters. The highest BCUT2D eigenvalue weighted by molar-refractivity contribution is 14.1. The second-order valence-corrected chi connectivity index (χ2v) is 26.1. The first kappa shape index (κ1) is 69.6. The van der Waals surface area contributed by atoms with Gasteiger partial charge in [-0.1, -0.05) is 56.8 Å². The molecule has 444 valence electrons. The second-order valence-electron chi connectivity index (χ2n) is 21.3. The molecule has 2 aliphatic carbocycles. The molecule has 0 radical (unpaired) electrons. The van der Waals surface area contributed by atoms with Gasteiger partial charge in [0.05, 0.1) is 51.5 Å². The molecule has 0 aromatic rings. The Morgan fingerprint density at radius 3 is 1.53 bits per heavy atom. The smallest absolute Gasteiger partial charge is 0.308 e. The van der Waals surface area contributed by atoms with E-state index in [0.29, 0.717) is 44.9 Å². The van der Waals surface area contributed by atoms with E-state index >= 15 is 0 Å². The fraction of sp³-hybridized carbons (Fsp3) is 0.772. The number of hydrogen-bond acceptors (Lipinski definition) is 16. The molecule has 1 N–H and O–H groups in total. The van der Waals surface area contributed by atoms with E-state index < -0.39 is 53.8 Å². The number of methoxy groups -OCH3 is 2. The summed E-state index contributed by atoms with van der Waals surface area (Å²) in [4.78, 5) is 60.2. The number of halogens is 5. The number of carbonyl (C=O) groups excluding carboxylic acids is 5. The second kappa shape index (κ2) is 32.9. The third-order valence-electron chi connectivity index (χ3n) is 15.3. The molecule has 16 nitrogen and oxygen atoms in total. The lowest BCUT2D eigenvalue weighted by atomic mass is 9.83. The summed E-state index contributed by atoms with van der Waals surface area (Å²) in [6.45, 7) is 9.25. The van der Waals surface area contributed by atoms with Crippen LogP contribution in [0.15, 0.2) is 43.5 Å². The van der Waals surface area contributed by atoms with Crippen molar-refractivity contribution < 1.29 is 76.4 Å². The van der Waals surface area contributed by atoms with Crippen molar-refractivity contribution in [2.45, 2.75) is 264 Å². The van der Waals surface area contributed by atoms with Gasteiger partial charge in [0.25, 0.3) is 0 Å². The van der Waals surface area contributed by atoms with Crippen LogP contribution in [0.3, 0.4) is 0 Å². The fourth-order valence-electron chi connectivity index (χ4n) is 11.5. The zero-order chi connectivity index (χ0) is 55.2. The average Bonchev–Trinajstić information content (AvgIpc) is 3.98. The Hall–Kier alpha value is -0.930. The number of alkyl halides is 2. The Kier molecular flexibility index (Phi) is 29.4. The van der Waals surface area contributed by atoms with Crippen LogP contribution in [-0.4, -0.2) is 150 Å². The molecule has 2 saturated carbocycles. The van der Waals surface area contributed by atoms with E-state index in [1.54, 1.807) is 11.9 Å². The van der Waals surface area contributed by atoms with Gasteiger partial charge in [-0.05, 0) is 160 Å². The van der Waals surface area contributed by atoms with Gasteiger partial charge in [-0.2, -0.15) is 0 Å². The summed E-state index contributed by atoms with van der Waals surface area (Å²) in [5, 5.41) is 11.4. The number of aldehydes is 1. The van der Waals surface area contributed by atoms with Crippen LogP contribution in [-0.2, 0) is 71.3 Å². The van der Waals surface area contributed by atoms with Gasteiger partial charge in [-0.15, -0.1) is 23.2 Å². The third kappa shape index (κ3) is 19.8. The molecule has 8 aliphatic rings. The molecule has 0 aromatic carbocycles. The van der Waals surface area contributed by atoms with Gasteiger partial charge < -0.3 is 57.3 Å². The van der Waals surface area contributed by atoms with Crippen LogP contribution in [0.2, 0.25) is 0 Å². The van der Waals surface area contributed by atoms with E-state index in [-0.39, 0.29) is 105 Å². The molecule has 21 heteroatoms. The highest BCUT2D eigenvalue weighted by atomic mass is 127. The monoisotopic (exact) mass is 1430 g/mol. The Bertz CT molecular complexity index is 2050. The number of fused-ring (bicyclic) bond motifs is 6. The predicted molar refractivity (Wildman–Crippen MR) is 318 cm³/mol. The molecule has 78 heavy (non-hydrogen) atoms. The van der Waals surface area contributed by atoms with Crippen molar-refractivity contribution in [3.05, 3.63) is 43.5 Å². The van der Waals surface area contributed by atoms with Crippen LogP contribution in [0.5, 0.6) is 0 Å². The first-order valence-electron chi connectivity index (χ1n) is 26.8. The summed E-state index contributed by atoms with van der Waals surface area (Å²) < 4.78 is 62.3. The van der Waals surface area contributed by atoms with E-state index in [9.17, 15) is 29.1 Å². The van der Waals surface area contributed by atoms with Crippen LogP contribution in [0.25, 0.3) is 0 Å². The van der Waals surface area contributed by atoms with Crippen LogP contribution in [0.4, 0.5) is 0 Å². The standard InChI is InChI=1S/C28H40ClIO8.C18H26O7.C9H11BrClIO.2CH4/c1-17(30)15-18(29)7-8-19(31)11-14-27(2,33)26-25-24(37-28(38-25)12-5-4-6-13-28)23-21(36-26)10-9-20(35-23)16-22(32)34-3;1-21-14(20)9-11-5-6-12-15(22-11)17-16(13(10-19)23-12)24-18(25-17)7-3-2-4-8-18;1-7(12)6-8(11)2-3-9(13)4-5-10;;/h11,14,18,20-21,23-26,33H,1,4-10,12-13,15-16H2,2-3H3;10-13,15-17H,2-9H2,1H3;4-5,8H,1-3,6H2;2*1H4/b14-11+;;5-4+;;/t18-,20-,21+,23+,24+,25+,26-,27-;11-,12+,13+,15+,16-,17+;8-;;/m111../s1. The molecular formula is C57H85BrCl2I2O16. The van der Waals surface area contributed by atoms with E-state index in [4.69, 9.17) is 70.6 Å². The first-order chi connectivity index (χ1) is 36.2. The molecule has 2 spiro atoms. The van der Waals surface area contributed by atoms with Crippen molar-refractivity contribution in [3.8, 4) is 0 Å². The van der Waals surface area contributed by atoms with E-state index in [2.05, 4.69) is 74.3 Å². The SMILES string of the molecule is C.C.C=C(I)C[C@H](Cl)CCC(=O)/C=C/Br.C=C(I)C[C@H](Cl)CCC(=O)/C=C/[C@@](C)(O)[C@@H]1O[C@H]2CC[C@H](CC(=O)OC)O[C@@H]2[C@@H]2OC3(CCCCC3)O[C@@H]21.COC(=O)C[C@H]1CC[C@@H]2O[C@@H](C=O)[C@H]3OC4(CCCCC4)O[C@H]3[C@H]2O1. The summed E-state index contributed by atoms with van der Waals surface area (Å²) in [5.74, 6) is -1.94.